The van der Waals surface area contributed by atoms with Crippen LogP contribution in [0.15, 0.2) is 77.3 Å². The first-order valence-corrected chi connectivity index (χ1v) is 10.9. The molecule has 0 saturated carbocycles. The SMILES string of the molecule is Cc1nc(-c2ccc(F)cc2)c(C#N)c(-c2cc3c(NC(=O)c4ccccc4)nccc3o2)c1C#N. The van der Waals surface area contributed by atoms with Crippen LogP contribution in [0.25, 0.3) is 33.6 Å². The van der Waals surface area contributed by atoms with Crippen molar-refractivity contribution in [2.75, 3.05) is 5.32 Å². The van der Waals surface area contributed by atoms with E-state index in [1.807, 2.05) is 6.07 Å². The van der Waals surface area contributed by atoms with Crippen molar-refractivity contribution in [1.82, 2.24) is 9.97 Å². The number of aromatic nitrogens is 2. The fourth-order valence-electron chi connectivity index (χ4n) is 3.97. The van der Waals surface area contributed by atoms with Gasteiger partial charge in [-0.05, 0) is 55.5 Å². The molecule has 0 aliphatic carbocycles. The topological polar surface area (TPSA) is 116 Å². The summed E-state index contributed by atoms with van der Waals surface area (Å²) in [6.07, 6.45) is 1.49. The summed E-state index contributed by atoms with van der Waals surface area (Å²) in [5, 5.41) is 23.3. The first-order chi connectivity index (χ1) is 17.5. The van der Waals surface area contributed by atoms with Gasteiger partial charge >= 0.3 is 0 Å². The van der Waals surface area contributed by atoms with Crippen molar-refractivity contribution in [1.29, 1.82) is 10.5 Å². The maximum atomic E-state index is 13.5. The van der Waals surface area contributed by atoms with Crippen LogP contribution >= 0.6 is 0 Å². The molecule has 3 aromatic heterocycles. The van der Waals surface area contributed by atoms with Crippen molar-refractivity contribution in [2.24, 2.45) is 0 Å². The number of nitriles is 2. The van der Waals surface area contributed by atoms with E-state index in [0.717, 1.165) is 0 Å². The number of carbonyl (C=O) groups excluding carboxylic acids is 1. The molecule has 0 spiro atoms. The molecule has 2 aromatic carbocycles. The summed E-state index contributed by atoms with van der Waals surface area (Å²) < 4.78 is 19.6. The van der Waals surface area contributed by atoms with Crippen LogP contribution in [0, 0.1) is 35.4 Å². The Morgan fingerprint density at radius 3 is 2.42 bits per heavy atom. The van der Waals surface area contributed by atoms with E-state index in [-0.39, 0.29) is 34.2 Å². The number of aryl methyl sites for hydroxylation is 1. The van der Waals surface area contributed by atoms with Crippen molar-refractivity contribution in [3.63, 3.8) is 0 Å². The smallest absolute Gasteiger partial charge is 0.256 e. The number of amides is 1. The van der Waals surface area contributed by atoms with Gasteiger partial charge in [-0.1, -0.05) is 18.2 Å². The zero-order valence-electron chi connectivity index (χ0n) is 18.9. The van der Waals surface area contributed by atoms with E-state index in [1.165, 1.54) is 30.5 Å². The van der Waals surface area contributed by atoms with Gasteiger partial charge in [0, 0.05) is 17.3 Å². The highest BCUT2D eigenvalue weighted by Gasteiger charge is 2.24. The normalized spacial score (nSPS) is 10.6. The van der Waals surface area contributed by atoms with E-state index in [2.05, 4.69) is 27.4 Å². The Kier molecular flexibility index (Phi) is 5.69. The summed E-state index contributed by atoms with van der Waals surface area (Å²) in [4.78, 5) is 21.5. The second-order valence-corrected chi connectivity index (χ2v) is 7.90. The molecular formula is C28H16FN5O2. The summed E-state index contributed by atoms with van der Waals surface area (Å²) in [7, 11) is 0. The summed E-state index contributed by atoms with van der Waals surface area (Å²) in [6, 6.07) is 21.8. The van der Waals surface area contributed by atoms with Crippen LogP contribution in [0.3, 0.4) is 0 Å². The number of halogens is 1. The number of nitrogens with zero attached hydrogens (tertiary/aromatic N) is 4. The quantitative estimate of drug-likeness (QED) is 0.342. The molecule has 36 heavy (non-hydrogen) atoms. The van der Waals surface area contributed by atoms with E-state index in [1.54, 1.807) is 43.3 Å². The molecule has 0 unspecified atom stereocenters. The number of hydrogen-bond donors (Lipinski definition) is 1. The third-order valence-electron chi connectivity index (χ3n) is 5.68. The highest BCUT2D eigenvalue weighted by molar-refractivity contribution is 6.08. The molecule has 0 bridgehead atoms. The van der Waals surface area contributed by atoms with Crippen LogP contribution in [0.5, 0.6) is 0 Å². The van der Waals surface area contributed by atoms with E-state index >= 15 is 0 Å². The van der Waals surface area contributed by atoms with Gasteiger partial charge in [0.2, 0.25) is 0 Å². The van der Waals surface area contributed by atoms with E-state index in [4.69, 9.17) is 4.42 Å². The number of pyridine rings is 2. The van der Waals surface area contributed by atoms with Crippen LogP contribution < -0.4 is 5.32 Å². The van der Waals surface area contributed by atoms with Crippen LogP contribution in [0.2, 0.25) is 0 Å². The minimum atomic E-state index is -0.419. The number of furan rings is 1. The lowest BCUT2D eigenvalue weighted by molar-refractivity contribution is 0.102. The van der Waals surface area contributed by atoms with Gasteiger partial charge in [-0.2, -0.15) is 10.5 Å². The number of carbonyl (C=O) groups is 1. The lowest BCUT2D eigenvalue weighted by Gasteiger charge is -2.12. The predicted octanol–water partition coefficient (Wildman–Crippen LogP) is 6.00. The first-order valence-electron chi connectivity index (χ1n) is 10.9. The standard InChI is InChI=1S/C28H16FN5O2/c1-16-21(14-30)25(22(15-31)26(33-16)17-7-9-19(29)10-8-17)24-13-20-23(36-24)11-12-32-27(20)34-28(35)18-5-3-2-4-6-18/h2-13H,1H3,(H,32,34,35). The molecule has 0 saturated heterocycles. The Morgan fingerprint density at radius 1 is 1.00 bits per heavy atom. The van der Waals surface area contributed by atoms with Crippen LogP contribution in [-0.2, 0) is 0 Å². The molecule has 8 heteroatoms. The third kappa shape index (κ3) is 3.93. The molecule has 0 radical (unpaired) electrons. The van der Waals surface area contributed by atoms with Gasteiger partial charge in [0.15, 0.2) is 0 Å². The predicted molar refractivity (Wildman–Crippen MR) is 131 cm³/mol. The second-order valence-electron chi connectivity index (χ2n) is 7.90. The summed E-state index contributed by atoms with van der Waals surface area (Å²) in [6.45, 7) is 1.66. The Balaban J connectivity index is 1.68. The van der Waals surface area contributed by atoms with Gasteiger partial charge in [-0.3, -0.25) is 9.78 Å². The van der Waals surface area contributed by atoms with Crippen molar-refractivity contribution in [3.8, 4) is 34.7 Å². The molecule has 0 fully saturated rings. The summed E-state index contributed by atoms with van der Waals surface area (Å²) in [5.41, 5.74) is 2.66. The Labute approximate surface area is 205 Å². The lowest BCUT2D eigenvalue weighted by atomic mass is 9.94. The number of fused-ring (bicyclic) bond motifs is 1. The van der Waals surface area contributed by atoms with Gasteiger partial charge in [0.05, 0.1) is 33.5 Å². The Bertz CT molecular complexity index is 1710. The molecule has 3 heterocycles. The molecule has 1 N–H and O–H groups in total. The molecule has 5 aromatic rings. The Hall–Kier alpha value is -5.34. The third-order valence-corrected chi connectivity index (χ3v) is 5.68. The molecule has 0 aliphatic heterocycles. The monoisotopic (exact) mass is 473 g/mol. The van der Waals surface area contributed by atoms with Crippen LogP contribution in [0.1, 0.15) is 27.2 Å². The van der Waals surface area contributed by atoms with Crippen LogP contribution in [0.4, 0.5) is 10.2 Å². The highest BCUT2D eigenvalue weighted by atomic mass is 19.1. The maximum absolute atomic E-state index is 13.5. The first kappa shape index (κ1) is 22.5. The van der Waals surface area contributed by atoms with Gasteiger partial charge in [-0.25, -0.2) is 9.37 Å². The summed E-state index contributed by atoms with van der Waals surface area (Å²) in [5.74, 6) is -0.238. The van der Waals surface area contributed by atoms with Gasteiger partial charge in [-0.15, -0.1) is 0 Å². The van der Waals surface area contributed by atoms with Gasteiger partial charge < -0.3 is 9.73 Å². The lowest BCUT2D eigenvalue weighted by Crippen LogP contribution is -2.12. The average Bonchev–Trinajstić information content (AvgIpc) is 3.34. The largest absolute Gasteiger partial charge is 0.456 e. The number of hydrogen-bond acceptors (Lipinski definition) is 6. The summed E-state index contributed by atoms with van der Waals surface area (Å²) >= 11 is 0. The number of benzene rings is 2. The average molecular weight is 473 g/mol. The zero-order valence-corrected chi connectivity index (χ0v) is 18.9. The van der Waals surface area contributed by atoms with Gasteiger partial charge in [0.25, 0.3) is 5.91 Å². The molecule has 5 rings (SSSR count). The van der Waals surface area contributed by atoms with Gasteiger partial charge in [0.1, 0.15) is 35.1 Å². The molecular weight excluding hydrogens is 457 g/mol. The van der Waals surface area contributed by atoms with Crippen molar-refractivity contribution < 1.29 is 13.6 Å². The minimum Gasteiger partial charge on any atom is -0.456 e. The van der Waals surface area contributed by atoms with E-state index in [0.29, 0.717) is 33.5 Å². The molecule has 0 atom stereocenters. The van der Waals surface area contributed by atoms with Crippen molar-refractivity contribution >= 4 is 22.7 Å². The maximum Gasteiger partial charge on any atom is 0.256 e. The zero-order chi connectivity index (χ0) is 25.2. The van der Waals surface area contributed by atoms with Crippen molar-refractivity contribution in [2.45, 2.75) is 6.92 Å². The van der Waals surface area contributed by atoms with Crippen molar-refractivity contribution in [3.05, 3.63) is 101 Å². The highest BCUT2D eigenvalue weighted by Crippen LogP contribution is 2.38. The van der Waals surface area contributed by atoms with E-state index in [9.17, 15) is 19.7 Å². The Morgan fingerprint density at radius 2 is 1.72 bits per heavy atom. The minimum absolute atomic E-state index is 0.116. The number of rotatable bonds is 4. The van der Waals surface area contributed by atoms with Crippen LogP contribution in [-0.4, -0.2) is 15.9 Å². The second kappa shape index (κ2) is 9.13. The number of nitrogens with one attached hydrogen (secondary N) is 1. The molecule has 1 amide bonds. The number of anilines is 1. The molecule has 7 nitrogen and oxygen atoms in total. The fraction of sp³-hybridized carbons (Fsp3) is 0.0357. The molecule has 0 aliphatic rings. The van der Waals surface area contributed by atoms with E-state index < -0.39 is 5.82 Å². The molecule has 172 valence electrons. The fourth-order valence-corrected chi connectivity index (χ4v) is 3.97.